The molecule has 21 heavy (non-hydrogen) atoms. The van der Waals surface area contributed by atoms with Crippen molar-refractivity contribution in [1.29, 1.82) is 0 Å². The van der Waals surface area contributed by atoms with Crippen molar-refractivity contribution < 1.29 is 14.3 Å². The van der Waals surface area contributed by atoms with Gasteiger partial charge in [0.1, 0.15) is 0 Å². The third-order valence-electron chi connectivity index (χ3n) is 4.20. The smallest absolute Gasteiger partial charge is 0.307 e. The first-order valence-corrected chi connectivity index (χ1v) is 8.06. The van der Waals surface area contributed by atoms with Crippen molar-refractivity contribution in [3.8, 4) is 0 Å². The number of nitrogens with two attached hydrogens (primary N) is 1. The lowest BCUT2D eigenvalue weighted by Crippen LogP contribution is -2.42. The summed E-state index contributed by atoms with van der Waals surface area (Å²) in [6.45, 7) is 0.543. The molecule has 6 heteroatoms. The fraction of sp³-hybridized carbons (Fsp3) is 0.600. The number of hydrogen-bond acceptors (Lipinski definition) is 5. The summed E-state index contributed by atoms with van der Waals surface area (Å²) in [7, 11) is 1.35. The maximum atomic E-state index is 12.3. The van der Waals surface area contributed by atoms with Crippen molar-refractivity contribution in [1.82, 2.24) is 5.32 Å². The van der Waals surface area contributed by atoms with Crippen LogP contribution in [0.3, 0.4) is 0 Å². The third-order valence-corrected chi connectivity index (χ3v) is 5.19. The van der Waals surface area contributed by atoms with E-state index < -0.39 is 0 Å². The molecule has 0 aromatic carbocycles. The van der Waals surface area contributed by atoms with Gasteiger partial charge in [0.15, 0.2) is 0 Å². The van der Waals surface area contributed by atoms with Crippen molar-refractivity contribution >= 4 is 23.2 Å². The summed E-state index contributed by atoms with van der Waals surface area (Å²) in [5, 5.41) is 4.89. The molecule has 1 saturated carbocycles. The van der Waals surface area contributed by atoms with Gasteiger partial charge in [0.05, 0.1) is 19.6 Å². The van der Waals surface area contributed by atoms with Crippen molar-refractivity contribution in [2.75, 3.05) is 13.7 Å². The summed E-state index contributed by atoms with van der Waals surface area (Å²) in [5.41, 5.74) is 5.76. The minimum Gasteiger partial charge on any atom is -0.469 e. The number of rotatable bonds is 7. The number of nitrogens with one attached hydrogen (secondary N) is 1. The van der Waals surface area contributed by atoms with E-state index in [2.05, 4.69) is 5.32 Å². The lowest BCUT2D eigenvalue weighted by atomic mass is 9.66. The van der Waals surface area contributed by atoms with E-state index in [-0.39, 0.29) is 29.8 Å². The average Bonchev–Trinajstić information content (AvgIpc) is 2.96. The molecule has 0 saturated heterocycles. The molecule has 1 fully saturated rings. The minimum absolute atomic E-state index is 0.0324. The predicted octanol–water partition coefficient (Wildman–Crippen LogP) is 1.99. The number of esters is 1. The minimum atomic E-state index is -0.328. The highest BCUT2D eigenvalue weighted by molar-refractivity contribution is 7.10. The number of hydrogen-bond donors (Lipinski definition) is 2. The normalized spacial score (nSPS) is 17.6. The number of carbonyl (C=O) groups excluding carboxylic acids is 2. The third kappa shape index (κ3) is 4.04. The average molecular weight is 310 g/mol. The van der Waals surface area contributed by atoms with Gasteiger partial charge in [0.25, 0.3) is 0 Å². The molecule has 0 spiro atoms. The van der Waals surface area contributed by atoms with E-state index in [9.17, 15) is 9.59 Å². The molecule has 1 aliphatic carbocycles. The second-order valence-corrected chi connectivity index (χ2v) is 6.63. The van der Waals surface area contributed by atoms with E-state index in [1.807, 2.05) is 17.5 Å². The van der Waals surface area contributed by atoms with E-state index in [1.165, 1.54) is 18.4 Å². The van der Waals surface area contributed by atoms with Gasteiger partial charge in [-0.15, -0.1) is 11.3 Å². The van der Waals surface area contributed by atoms with Crippen LogP contribution in [0.2, 0.25) is 0 Å². The molecule has 0 radical (unpaired) electrons. The Bertz CT molecular complexity index is 478. The molecule has 1 atom stereocenters. The first kappa shape index (κ1) is 16.0. The van der Waals surface area contributed by atoms with E-state index in [1.54, 1.807) is 0 Å². The van der Waals surface area contributed by atoms with Crippen molar-refractivity contribution in [3.05, 3.63) is 22.4 Å². The maximum Gasteiger partial charge on any atom is 0.307 e. The molecule has 1 aromatic rings. The molecule has 1 aliphatic rings. The SMILES string of the molecule is COC(=O)CC(NC(=O)CC1(CN)CCC1)c1cccs1. The van der Waals surface area contributed by atoms with Crippen molar-refractivity contribution in [2.45, 2.75) is 38.1 Å². The fourth-order valence-electron chi connectivity index (χ4n) is 2.68. The van der Waals surface area contributed by atoms with E-state index in [4.69, 9.17) is 10.5 Å². The van der Waals surface area contributed by atoms with Gasteiger partial charge in [-0.25, -0.2) is 0 Å². The summed E-state index contributed by atoms with van der Waals surface area (Å²) in [4.78, 5) is 24.8. The number of thiophene rings is 1. The van der Waals surface area contributed by atoms with Crippen LogP contribution in [0.1, 0.15) is 43.0 Å². The highest BCUT2D eigenvalue weighted by Gasteiger charge is 2.38. The molecule has 0 bridgehead atoms. The molecule has 116 valence electrons. The van der Waals surface area contributed by atoms with Gasteiger partial charge < -0.3 is 15.8 Å². The largest absolute Gasteiger partial charge is 0.469 e. The lowest BCUT2D eigenvalue weighted by Gasteiger charge is -2.40. The number of ether oxygens (including phenoxy) is 1. The predicted molar refractivity (Wildman–Crippen MR) is 81.8 cm³/mol. The molecule has 1 amide bonds. The molecule has 1 heterocycles. The monoisotopic (exact) mass is 310 g/mol. The zero-order valence-corrected chi connectivity index (χ0v) is 13.1. The highest BCUT2D eigenvalue weighted by atomic mass is 32.1. The van der Waals surface area contributed by atoms with Gasteiger partial charge in [-0.1, -0.05) is 12.5 Å². The highest BCUT2D eigenvalue weighted by Crippen LogP contribution is 2.43. The van der Waals surface area contributed by atoms with Gasteiger partial charge in [-0.2, -0.15) is 0 Å². The van der Waals surface area contributed by atoms with E-state index in [0.29, 0.717) is 13.0 Å². The van der Waals surface area contributed by atoms with Crippen molar-refractivity contribution in [2.24, 2.45) is 11.1 Å². The Morgan fingerprint density at radius 3 is 2.76 bits per heavy atom. The molecule has 1 unspecified atom stereocenters. The van der Waals surface area contributed by atoms with Gasteiger partial charge in [0.2, 0.25) is 5.91 Å². The van der Waals surface area contributed by atoms with E-state index in [0.717, 1.165) is 24.1 Å². The zero-order valence-electron chi connectivity index (χ0n) is 12.3. The van der Waals surface area contributed by atoms with Crippen LogP contribution in [0.5, 0.6) is 0 Å². The van der Waals surface area contributed by atoms with Crippen LogP contribution >= 0.6 is 11.3 Å². The van der Waals surface area contributed by atoms with E-state index >= 15 is 0 Å². The van der Waals surface area contributed by atoms with Crippen LogP contribution in [-0.2, 0) is 14.3 Å². The summed E-state index contributed by atoms with van der Waals surface area (Å²) in [6.07, 6.45) is 3.75. The Morgan fingerprint density at radius 1 is 1.52 bits per heavy atom. The molecular formula is C15H22N2O3S. The van der Waals surface area contributed by atoms with Crippen LogP contribution in [0, 0.1) is 5.41 Å². The quantitative estimate of drug-likeness (QED) is 0.755. The fourth-order valence-corrected chi connectivity index (χ4v) is 3.46. The summed E-state index contributed by atoms with van der Waals surface area (Å²) in [5.74, 6) is -0.367. The Balaban J connectivity index is 1.97. The Hall–Kier alpha value is -1.40. The standard InChI is InChI=1S/C15H22N2O3S/c1-20-14(19)8-11(12-4-2-7-21-12)17-13(18)9-15(10-16)5-3-6-15/h2,4,7,11H,3,5-6,8-10,16H2,1H3,(H,17,18). The van der Waals surface area contributed by atoms with Gasteiger partial charge in [-0.3, -0.25) is 9.59 Å². The van der Waals surface area contributed by atoms with Gasteiger partial charge in [0, 0.05) is 11.3 Å². The molecule has 2 rings (SSSR count). The summed E-state index contributed by atoms with van der Waals surface area (Å²) in [6, 6.07) is 3.50. The molecule has 3 N–H and O–H groups in total. The first-order valence-electron chi connectivity index (χ1n) is 7.18. The number of amides is 1. The van der Waals surface area contributed by atoms with Gasteiger partial charge >= 0.3 is 5.97 Å². The maximum absolute atomic E-state index is 12.3. The Labute approximate surface area is 128 Å². The lowest BCUT2D eigenvalue weighted by molar-refractivity contribution is -0.141. The summed E-state index contributed by atoms with van der Waals surface area (Å²) >= 11 is 1.52. The van der Waals surface area contributed by atoms with Crippen LogP contribution in [0.15, 0.2) is 17.5 Å². The first-order chi connectivity index (χ1) is 10.1. The number of carbonyl (C=O) groups is 2. The van der Waals surface area contributed by atoms with Gasteiger partial charge in [-0.05, 0) is 36.2 Å². The second-order valence-electron chi connectivity index (χ2n) is 5.65. The Morgan fingerprint density at radius 2 is 2.29 bits per heavy atom. The van der Waals surface area contributed by atoms with Crippen LogP contribution in [0.25, 0.3) is 0 Å². The molecule has 1 aromatic heterocycles. The van der Waals surface area contributed by atoms with Crippen molar-refractivity contribution in [3.63, 3.8) is 0 Å². The summed E-state index contributed by atoms with van der Waals surface area (Å²) < 4.78 is 4.71. The Kier molecular flexibility index (Phi) is 5.36. The molecule has 0 aliphatic heterocycles. The topological polar surface area (TPSA) is 81.4 Å². The van der Waals surface area contributed by atoms with Crippen LogP contribution < -0.4 is 11.1 Å². The van der Waals surface area contributed by atoms with Crippen LogP contribution in [-0.4, -0.2) is 25.5 Å². The zero-order chi connectivity index (χ0) is 15.3. The number of methoxy groups -OCH3 is 1. The molecular weight excluding hydrogens is 288 g/mol. The van der Waals surface area contributed by atoms with Crippen LogP contribution in [0.4, 0.5) is 0 Å². The molecule has 5 nitrogen and oxygen atoms in total. The second kappa shape index (κ2) is 7.04.